The predicted octanol–water partition coefficient (Wildman–Crippen LogP) is 3.28. The monoisotopic (exact) mass is 260 g/mol. The van der Waals surface area contributed by atoms with E-state index in [0.29, 0.717) is 6.61 Å². The van der Waals surface area contributed by atoms with Crippen LogP contribution < -0.4 is 0 Å². The minimum Gasteiger partial charge on any atom is -0.347 e. The summed E-state index contributed by atoms with van der Waals surface area (Å²) in [5.41, 5.74) is 0. The van der Waals surface area contributed by atoms with Gasteiger partial charge < -0.3 is 9.47 Å². The number of ether oxygens (including phenoxy) is 2. The molecule has 2 heterocycles. The van der Waals surface area contributed by atoms with Gasteiger partial charge in [-0.05, 0) is 38.2 Å². The van der Waals surface area contributed by atoms with Gasteiger partial charge in [-0.1, -0.05) is 12.2 Å². The highest BCUT2D eigenvalue weighted by Gasteiger charge is 2.30. The molecule has 1 atom stereocenters. The first kappa shape index (κ1) is 12.8. The van der Waals surface area contributed by atoms with Crippen molar-refractivity contribution in [2.24, 2.45) is 0 Å². The third-order valence-electron chi connectivity index (χ3n) is 2.61. The van der Waals surface area contributed by atoms with Crippen LogP contribution in [0.25, 0.3) is 0 Å². The van der Waals surface area contributed by atoms with Crippen LogP contribution in [-0.2, 0) is 9.47 Å². The molecule has 2 nitrogen and oxygen atoms in total. The number of hydrogen-bond acceptors (Lipinski definition) is 4. The Labute approximate surface area is 107 Å². The average Bonchev–Trinajstić information content (AvgIpc) is 2.60. The van der Waals surface area contributed by atoms with E-state index in [9.17, 15) is 0 Å². The van der Waals surface area contributed by atoms with E-state index in [1.807, 2.05) is 13.8 Å². The van der Waals surface area contributed by atoms with E-state index in [0.717, 1.165) is 11.0 Å². The number of rotatable bonds is 3. The highest BCUT2D eigenvalue weighted by molar-refractivity contribution is 8.17. The summed E-state index contributed by atoms with van der Waals surface area (Å²) in [5.74, 6) is 2.24. The molecule has 2 rings (SSSR count). The molecule has 4 heteroatoms. The molecule has 2 aliphatic heterocycles. The first-order valence-corrected chi connectivity index (χ1v) is 7.97. The van der Waals surface area contributed by atoms with Crippen LogP contribution in [0.4, 0.5) is 0 Å². The van der Waals surface area contributed by atoms with Crippen molar-refractivity contribution in [1.82, 2.24) is 0 Å². The zero-order chi connectivity index (χ0) is 11.4. The summed E-state index contributed by atoms with van der Waals surface area (Å²) in [7, 11) is 0. The van der Waals surface area contributed by atoms with E-state index in [1.54, 1.807) is 0 Å². The first-order chi connectivity index (χ1) is 7.66. The molecule has 0 aromatic heterocycles. The van der Waals surface area contributed by atoms with Crippen molar-refractivity contribution in [3.8, 4) is 0 Å². The third-order valence-corrected chi connectivity index (χ3v) is 5.60. The minimum atomic E-state index is -0.399. The number of hydrogen-bond donors (Lipinski definition) is 0. The summed E-state index contributed by atoms with van der Waals surface area (Å²) in [5, 5.41) is 0. The second kappa shape index (κ2) is 5.80. The molecule has 0 spiro atoms. The normalized spacial score (nSPS) is 31.2. The lowest BCUT2D eigenvalue weighted by Gasteiger charge is -2.19. The van der Waals surface area contributed by atoms with Gasteiger partial charge >= 0.3 is 0 Å². The van der Waals surface area contributed by atoms with Crippen LogP contribution in [0.5, 0.6) is 0 Å². The minimum absolute atomic E-state index is 0.147. The van der Waals surface area contributed by atoms with Gasteiger partial charge in [0.15, 0.2) is 5.79 Å². The van der Waals surface area contributed by atoms with E-state index in [2.05, 4.69) is 35.7 Å². The fraction of sp³-hybridized carbons (Fsp3) is 0.833. The van der Waals surface area contributed by atoms with Gasteiger partial charge in [-0.2, -0.15) is 0 Å². The Hall–Kier alpha value is 0.360. The first-order valence-electron chi connectivity index (χ1n) is 5.87. The fourth-order valence-corrected chi connectivity index (χ4v) is 4.61. The maximum absolute atomic E-state index is 5.72. The standard InChI is InChI=1S/C12H20O2S2/c1-12(2)13-9-10(14-12)5-3-6-11-15-7-4-8-16-11/h3,5,10-11H,4,6-9H2,1-2H3/b5-3+/t10-/m0/s1. The molecule has 0 bridgehead atoms. The fourth-order valence-electron chi connectivity index (χ4n) is 1.82. The van der Waals surface area contributed by atoms with Gasteiger partial charge in [-0.15, -0.1) is 23.5 Å². The number of allylic oxidation sites excluding steroid dienone is 1. The predicted molar refractivity (Wildman–Crippen MR) is 72.0 cm³/mol. The Balaban J connectivity index is 1.69. The molecular formula is C12H20O2S2. The molecule has 0 N–H and O–H groups in total. The molecule has 0 radical (unpaired) electrons. The smallest absolute Gasteiger partial charge is 0.163 e. The number of thioether (sulfide) groups is 2. The van der Waals surface area contributed by atoms with Gasteiger partial charge in [-0.3, -0.25) is 0 Å². The Morgan fingerprint density at radius 2 is 2.06 bits per heavy atom. The molecule has 0 amide bonds. The Morgan fingerprint density at radius 3 is 2.69 bits per heavy atom. The molecule has 0 aromatic rings. The van der Waals surface area contributed by atoms with Crippen molar-refractivity contribution in [2.75, 3.05) is 18.1 Å². The third kappa shape index (κ3) is 3.99. The average molecular weight is 260 g/mol. The van der Waals surface area contributed by atoms with Gasteiger partial charge in [0.1, 0.15) is 6.10 Å². The van der Waals surface area contributed by atoms with Crippen molar-refractivity contribution in [3.05, 3.63) is 12.2 Å². The summed E-state index contributed by atoms with van der Waals surface area (Å²) in [6.45, 7) is 4.62. The molecule has 2 saturated heterocycles. The summed E-state index contributed by atoms with van der Waals surface area (Å²) in [6.07, 6.45) is 7.07. The van der Waals surface area contributed by atoms with Gasteiger partial charge in [0.25, 0.3) is 0 Å². The quantitative estimate of drug-likeness (QED) is 0.725. The zero-order valence-corrected chi connectivity index (χ0v) is 11.6. The highest BCUT2D eigenvalue weighted by Crippen LogP contribution is 2.33. The van der Waals surface area contributed by atoms with Crippen LogP contribution in [0.3, 0.4) is 0 Å². The van der Waals surface area contributed by atoms with Crippen molar-refractivity contribution in [2.45, 2.75) is 43.2 Å². The van der Waals surface area contributed by atoms with Crippen LogP contribution >= 0.6 is 23.5 Å². The summed E-state index contributed by atoms with van der Waals surface area (Å²) in [4.78, 5) is 0. The highest BCUT2D eigenvalue weighted by atomic mass is 32.2. The van der Waals surface area contributed by atoms with Crippen LogP contribution in [-0.4, -0.2) is 34.6 Å². The van der Waals surface area contributed by atoms with Gasteiger partial charge in [0.05, 0.1) is 11.2 Å². The van der Waals surface area contributed by atoms with Crippen LogP contribution in [0.15, 0.2) is 12.2 Å². The van der Waals surface area contributed by atoms with Gasteiger partial charge in [0.2, 0.25) is 0 Å². The van der Waals surface area contributed by atoms with Crippen LogP contribution in [0, 0.1) is 0 Å². The maximum atomic E-state index is 5.72. The lowest BCUT2D eigenvalue weighted by Crippen LogP contribution is -2.20. The largest absolute Gasteiger partial charge is 0.347 e. The van der Waals surface area contributed by atoms with Crippen LogP contribution in [0.2, 0.25) is 0 Å². The summed E-state index contributed by atoms with van der Waals surface area (Å²) in [6, 6.07) is 0. The Morgan fingerprint density at radius 1 is 1.31 bits per heavy atom. The van der Waals surface area contributed by atoms with Gasteiger partial charge in [0, 0.05) is 0 Å². The Kier molecular flexibility index (Phi) is 4.65. The summed E-state index contributed by atoms with van der Waals surface area (Å²) < 4.78 is 12.0. The van der Waals surface area contributed by atoms with E-state index >= 15 is 0 Å². The second-order valence-corrected chi connectivity index (χ2v) is 7.48. The molecular weight excluding hydrogens is 240 g/mol. The lowest BCUT2D eigenvalue weighted by atomic mass is 10.3. The molecule has 2 fully saturated rings. The lowest BCUT2D eigenvalue weighted by molar-refractivity contribution is -0.133. The van der Waals surface area contributed by atoms with Crippen molar-refractivity contribution >= 4 is 23.5 Å². The molecule has 16 heavy (non-hydrogen) atoms. The molecule has 92 valence electrons. The summed E-state index contributed by atoms with van der Waals surface area (Å²) >= 11 is 4.17. The topological polar surface area (TPSA) is 18.5 Å². The molecule has 0 aromatic carbocycles. The molecule has 0 saturated carbocycles. The van der Waals surface area contributed by atoms with E-state index in [-0.39, 0.29) is 6.10 Å². The molecule has 0 aliphatic carbocycles. The van der Waals surface area contributed by atoms with E-state index < -0.39 is 5.79 Å². The molecule has 0 unspecified atom stereocenters. The molecule has 2 aliphatic rings. The van der Waals surface area contributed by atoms with Crippen molar-refractivity contribution < 1.29 is 9.47 Å². The SMILES string of the molecule is CC1(C)OC[C@H](/C=C/CC2SCCCS2)O1. The zero-order valence-electron chi connectivity index (χ0n) is 9.98. The van der Waals surface area contributed by atoms with Crippen molar-refractivity contribution in [3.63, 3.8) is 0 Å². The van der Waals surface area contributed by atoms with E-state index in [4.69, 9.17) is 9.47 Å². The Bertz CT molecular complexity index is 247. The second-order valence-electron chi connectivity index (χ2n) is 4.56. The van der Waals surface area contributed by atoms with Crippen LogP contribution in [0.1, 0.15) is 26.7 Å². The maximum Gasteiger partial charge on any atom is 0.163 e. The van der Waals surface area contributed by atoms with E-state index in [1.165, 1.54) is 17.9 Å². The van der Waals surface area contributed by atoms with Gasteiger partial charge in [-0.25, -0.2) is 0 Å². The van der Waals surface area contributed by atoms with Crippen molar-refractivity contribution in [1.29, 1.82) is 0 Å².